The highest BCUT2D eigenvalue weighted by molar-refractivity contribution is 5.96. The van der Waals surface area contributed by atoms with Gasteiger partial charge in [0, 0.05) is 17.0 Å². The molecule has 0 aliphatic heterocycles. The second kappa shape index (κ2) is 12.2. The normalized spacial score (nSPS) is 14.3. The molecule has 0 unspecified atom stereocenters. The largest absolute Gasteiger partial charge is 0.370 e. The number of nitrogens with zero attached hydrogens (tertiary/aromatic N) is 2. The number of nitrogens with one attached hydrogen (secondary N) is 1. The Morgan fingerprint density at radius 1 is 0.825 bits per heavy atom. The zero-order chi connectivity index (χ0) is 28.1. The van der Waals surface area contributed by atoms with Gasteiger partial charge in [-0.15, -0.1) is 0 Å². The number of aliphatic imine (C=N–C) groups is 1. The number of halogens is 3. The minimum absolute atomic E-state index is 0.0489. The molecule has 0 spiro atoms. The van der Waals surface area contributed by atoms with E-state index in [0.717, 1.165) is 34.6 Å². The molecule has 1 fully saturated rings. The van der Waals surface area contributed by atoms with Gasteiger partial charge >= 0.3 is 0 Å². The van der Waals surface area contributed by atoms with Crippen LogP contribution in [0, 0.1) is 17.5 Å². The molecule has 1 heterocycles. The van der Waals surface area contributed by atoms with Gasteiger partial charge in [-0.3, -0.25) is 10.1 Å². The van der Waals surface area contributed by atoms with Gasteiger partial charge in [-0.05, 0) is 53.6 Å². The SMILES string of the molecule is NC(=NCc1ccc(F)c(F)c1F)NC(=O)Cn1c(-c2ccccc2)ccc1-c1ccc(C2CCCCC2)cc1. The fraction of sp³-hybridized carbons (Fsp3) is 0.250. The van der Waals surface area contributed by atoms with Crippen LogP contribution in [0.25, 0.3) is 22.5 Å². The standard InChI is InChI=1S/C32H31F3N4O/c33-26-16-15-25(30(34)31(26)35)19-37-32(36)38-29(40)20-39-27(23-9-5-2-6-10-23)17-18-28(39)24-13-11-22(12-14-24)21-7-3-1-4-8-21/h2,5-6,9-18,21H,1,3-4,7-8,19-20H2,(H3,36,37,38,40). The Labute approximate surface area is 231 Å². The van der Waals surface area contributed by atoms with Gasteiger partial charge in [-0.2, -0.15) is 0 Å². The molecule has 1 amide bonds. The predicted octanol–water partition coefficient (Wildman–Crippen LogP) is 6.92. The Bertz CT molecular complexity index is 1510. The Kier molecular flexibility index (Phi) is 8.34. The van der Waals surface area contributed by atoms with Gasteiger partial charge in [-0.1, -0.05) is 79.9 Å². The quantitative estimate of drug-likeness (QED) is 0.151. The van der Waals surface area contributed by atoms with Crippen molar-refractivity contribution in [1.29, 1.82) is 0 Å². The van der Waals surface area contributed by atoms with Crippen LogP contribution in [-0.4, -0.2) is 16.4 Å². The summed E-state index contributed by atoms with van der Waals surface area (Å²) in [6.45, 7) is -0.404. The molecule has 1 saturated carbocycles. The Morgan fingerprint density at radius 3 is 2.15 bits per heavy atom. The van der Waals surface area contributed by atoms with Gasteiger partial charge in [0.25, 0.3) is 0 Å². The first-order chi connectivity index (χ1) is 19.4. The molecule has 1 aromatic heterocycles. The topological polar surface area (TPSA) is 72.4 Å². The highest BCUT2D eigenvalue weighted by Crippen LogP contribution is 2.34. The van der Waals surface area contributed by atoms with E-state index in [2.05, 4.69) is 34.6 Å². The molecule has 0 radical (unpaired) electrons. The van der Waals surface area contributed by atoms with E-state index in [1.54, 1.807) is 0 Å². The average molecular weight is 545 g/mol. The van der Waals surface area contributed by atoms with Crippen molar-refractivity contribution >= 4 is 11.9 Å². The van der Waals surface area contributed by atoms with Crippen molar-refractivity contribution in [3.63, 3.8) is 0 Å². The van der Waals surface area contributed by atoms with Crippen LogP contribution in [0.1, 0.15) is 49.1 Å². The molecule has 40 heavy (non-hydrogen) atoms. The highest BCUT2D eigenvalue weighted by atomic mass is 19.2. The number of benzene rings is 3. The fourth-order valence-corrected chi connectivity index (χ4v) is 5.34. The third kappa shape index (κ3) is 6.11. The minimum Gasteiger partial charge on any atom is -0.370 e. The maximum atomic E-state index is 14.0. The second-order valence-corrected chi connectivity index (χ2v) is 10.1. The molecule has 1 aliphatic rings. The summed E-state index contributed by atoms with van der Waals surface area (Å²) in [4.78, 5) is 17.0. The maximum absolute atomic E-state index is 14.0. The van der Waals surface area contributed by atoms with Crippen molar-refractivity contribution in [3.8, 4) is 22.5 Å². The zero-order valence-corrected chi connectivity index (χ0v) is 22.0. The molecule has 4 aromatic rings. The third-order valence-electron chi connectivity index (χ3n) is 7.44. The highest BCUT2D eigenvalue weighted by Gasteiger charge is 2.18. The predicted molar refractivity (Wildman–Crippen MR) is 151 cm³/mol. The summed E-state index contributed by atoms with van der Waals surface area (Å²) in [5.74, 6) is -4.27. The van der Waals surface area contributed by atoms with Crippen LogP contribution in [0.15, 0.2) is 83.9 Å². The Morgan fingerprint density at radius 2 is 1.48 bits per heavy atom. The maximum Gasteiger partial charge on any atom is 0.246 e. The lowest BCUT2D eigenvalue weighted by atomic mass is 9.84. The van der Waals surface area contributed by atoms with Gasteiger partial charge in [0.05, 0.1) is 6.54 Å². The van der Waals surface area contributed by atoms with E-state index in [1.807, 2.05) is 47.0 Å². The molecule has 3 N–H and O–H groups in total. The van der Waals surface area contributed by atoms with Crippen molar-refractivity contribution in [2.45, 2.75) is 51.1 Å². The second-order valence-electron chi connectivity index (χ2n) is 10.1. The summed E-state index contributed by atoms with van der Waals surface area (Å²) in [6, 6.07) is 24.2. The van der Waals surface area contributed by atoms with Crippen LogP contribution < -0.4 is 11.1 Å². The number of carbonyl (C=O) groups is 1. The van der Waals surface area contributed by atoms with E-state index in [1.165, 1.54) is 37.7 Å². The number of hydrogen-bond donors (Lipinski definition) is 2. The number of rotatable bonds is 7. The van der Waals surface area contributed by atoms with Crippen LogP contribution >= 0.6 is 0 Å². The van der Waals surface area contributed by atoms with E-state index in [0.29, 0.717) is 5.92 Å². The minimum atomic E-state index is -1.57. The van der Waals surface area contributed by atoms with Crippen LogP contribution in [0.4, 0.5) is 13.2 Å². The van der Waals surface area contributed by atoms with Crippen LogP contribution in [0.2, 0.25) is 0 Å². The van der Waals surface area contributed by atoms with Crippen molar-refractivity contribution in [1.82, 2.24) is 9.88 Å². The Balaban J connectivity index is 1.36. The van der Waals surface area contributed by atoms with Gasteiger partial charge in [0.1, 0.15) is 6.54 Å². The summed E-state index contributed by atoms with van der Waals surface area (Å²) in [7, 11) is 0. The van der Waals surface area contributed by atoms with Gasteiger partial charge < -0.3 is 10.3 Å². The van der Waals surface area contributed by atoms with E-state index < -0.39 is 23.4 Å². The first kappa shape index (κ1) is 27.2. The molecule has 5 rings (SSSR count). The van der Waals surface area contributed by atoms with E-state index >= 15 is 0 Å². The lowest BCUT2D eigenvalue weighted by Gasteiger charge is -2.22. The number of aromatic nitrogens is 1. The third-order valence-corrected chi connectivity index (χ3v) is 7.44. The van der Waals surface area contributed by atoms with E-state index in [9.17, 15) is 18.0 Å². The van der Waals surface area contributed by atoms with Gasteiger partial charge in [0.15, 0.2) is 23.4 Å². The zero-order valence-electron chi connectivity index (χ0n) is 22.0. The lowest BCUT2D eigenvalue weighted by Crippen LogP contribution is -2.39. The molecular weight excluding hydrogens is 513 g/mol. The van der Waals surface area contributed by atoms with Crippen molar-refractivity contribution < 1.29 is 18.0 Å². The fourth-order valence-electron chi connectivity index (χ4n) is 5.34. The molecule has 206 valence electrons. The molecule has 3 aromatic carbocycles. The number of carbonyl (C=O) groups excluding carboxylic acids is 1. The summed E-state index contributed by atoms with van der Waals surface area (Å²) >= 11 is 0. The van der Waals surface area contributed by atoms with Crippen molar-refractivity contribution in [2.75, 3.05) is 0 Å². The number of guanidine groups is 1. The molecule has 0 saturated heterocycles. The number of hydrogen-bond acceptors (Lipinski definition) is 2. The van der Waals surface area contributed by atoms with Crippen molar-refractivity contribution in [2.24, 2.45) is 10.7 Å². The van der Waals surface area contributed by atoms with E-state index in [4.69, 9.17) is 5.73 Å². The van der Waals surface area contributed by atoms with Gasteiger partial charge in [-0.25, -0.2) is 18.2 Å². The van der Waals surface area contributed by atoms with Crippen molar-refractivity contribution in [3.05, 3.63) is 107 Å². The van der Waals surface area contributed by atoms with Gasteiger partial charge in [0.2, 0.25) is 5.91 Å². The molecule has 0 bridgehead atoms. The molecule has 5 nitrogen and oxygen atoms in total. The Hall–Kier alpha value is -4.33. The molecular formula is C32H31F3N4O. The first-order valence-corrected chi connectivity index (χ1v) is 13.5. The summed E-state index contributed by atoms with van der Waals surface area (Å²) in [5.41, 5.74) is 10.7. The summed E-state index contributed by atoms with van der Waals surface area (Å²) < 4.78 is 42.6. The molecule has 0 atom stereocenters. The number of nitrogens with two attached hydrogens (primary N) is 1. The van der Waals surface area contributed by atoms with Crippen LogP contribution in [0.5, 0.6) is 0 Å². The summed E-state index contributed by atoms with van der Waals surface area (Å²) in [6.07, 6.45) is 6.29. The summed E-state index contributed by atoms with van der Waals surface area (Å²) in [5, 5.41) is 2.52. The first-order valence-electron chi connectivity index (χ1n) is 13.5. The average Bonchev–Trinajstić information content (AvgIpc) is 3.39. The van der Waals surface area contributed by atoms with Crippen LogP contribution in [0.3, 0.4) is 0 Å². The van der Waals surface area contributed by atoms with E-state index in [-0.39, 0.29) is 24.6 Å². The number of amides is 1. The molecule has 1 aliphatic carbocycles. The smallest absolute Gasteiger partial charge is 0.246 e. The lowest BCUT2D eigenvalue weighted by molar-refractivity contribution is -0.120. The molecule has 8 heteroatoms. The van der Waals surface area contributed by atoms with Crippen LogP contribution in [-0.2, 0) is 17.9 Å². The monoisotopic (exact) mass is 544 g/mol.